The maximum absolute atomic E-state index is 11.8. The Morgan fingerprint density at radius 1 is 1.26 bits per heavy atom. The first-order valence-corrected chi connectivity index (χ1v) is 8.16. The summed E-state index contributed by atoms with van der Waals surface area (Å²) in [5.41, 5.74) is 3.32. The predicted octanol–water partition coefficient (Wildman–Crippen LogP) is 4.24. The van der Waals surface area contributed by atoms with Crippen LogP contribution in [-0.2, 0) is 10.5 Å². The van der Waals surface area contributed by atoms with Crippen molar-refractivity contribution in [3.8, 4) is 0 Å². The van der Waals surface area contributed by atoms with Gasteiger partial charge in [0.25, 0.3) is 0 Å². The molecule has 0 radical (unpaired) electrons. The summed E-state index contributed by atoms with van der Waals surface area (Å²) in [6, 6.07) is 10.1. The highest BCUT2D eigenvalue weighted by atomic mass is 32.2. The molecule has 0 atom stereocenters. The van der Waals surface area contributed by atoms with E-state index in [0.29, 0.717) is 5.75 Å². The van der Waals surface area contributed by atoms with E-state index < -0.39 is 0 Å². The lowest BCUT2D eigenvalue weighted by molar-refractivity contribution is -0.113. The van der Waals surface area contributed by atoms with E-state index in [1.165, 1.54) is 16.0 Å². The number of amides is 1. The first-order chi connectivity index (χ1) is 9.15. The number of benzene rings is 1. The van der Waals surface area contributed by atoms with Crippen LogP contribution in [-0.4, -0.2) is 11.7 Å². The number of rotatable bonds is 5. The molecule has 0 aliphatic heterocycles. The van der Waals surface area contributed by atoms with Gasteiger partial charge in [-0.2, -0.15) is 0 Å². The molecule has 2 rings (SSSR count). The summed E-state index contributed by atoms with van der Waals surface area (Å²) in [6.07, 6.45) is 0. The molecule has 2 aromatic rings. The molecule has 1 aromatic heterocycles. The lowest BCUT2D eigenvalue weighted by Crippen LogP contribution is -2.14. The van der Waals surface area contributed by atoms with E-state index in [1.54, 1.807) is 23.1 Å². The molecule has 0 bridgehead atoms. The molecule has 1 amide bonds. The highest BCUT2D eigenvalue weighted by Crippen LogP contribution is 2.18. The van der Waals surface area contributed by atoms with Crippen molar-refractivity contribution in [2.45, 2.75) is 19.6 Å². The Kier molecular flexibility index (Phi) is 5.05. The van der Waals surface area contributed by atoms with Gasteiger partial charge >= 0.3 is 0 Å². The molecule has 0 aliphatic carbocycles. The normalized spacial score (nSPS) is 10.4. The highest BCUT2D eigenvalue weighted by molar-refractivity contribution is 7.99. The zero-order valence-corrected chi connectivity index (χ0v) is 12.7. The van der Waals surface area contributed by atoms with Crippen molar-refractivity contribution in [3.63, 3.8) is 0 Å². The van der Waals surface area contributed by atoms with E-state index >= 15 is 0 Å². The van der Waals surface area contributed by atoms with Crippen molar-refractivity contribution in [2.75, 3.05) is 11.1 Å². The van der Waals surface area contributed by atoms with Crippen LogP contribution >= 0.6 is 23.1 Å². The van der Waals surface area contributed by atoms with E-state index in [2.05, 4.69) is 30.6 Å². The van der Waals surface area contributed by atoms with Crippen LogP contribution < -0.4 is 5.32 Å². The SMILES string of the molecule is Cc1ccc(NC(=O)CSCc2cccs2)cc1C. The summed E-state index contributed by atoms with van der Waals surface area (Å²) in [6.45, 7) is 4.12. The Balaban J connectivity index is 1.79. The van der Waals surface area contributed by atoms with Crippen molar-refractivity contribution >= 4 is 34.7 Å². The number of anilines is 1. The van der Waals surface area contributed by atoms with Gasteiger partial charge in [0.15, 0.2) is 0 Å². The van der Waals surface area contributed by atoms with Gasteiger partial charge in [0, 0.05) is 16.3 Å². The predicted molar refractivity (Wildman–Crippen MR) is 85.0 cm³/mol. The summed E-state index contributed by atoms with van der Waals surface area (Å²) in [4.78, 5) is 13.1. The summed E-state index contributed by atoms with van der Waals surface area (Å²) in [5.74, 6) is 1.45. The van der Waals surface area contributed by atoms with Crippen LogP contribution in [0, 0.1) is 13.8 Å². The Morgan fingerprint density at radius 2 is 2.11 bits per heavy atom. The average molecular weight is 291 g/mol. The molecule has 0 saturated carbocycles. The Hall–Kier alpha value is -1.26. The number of nitrogens with one attached hydrogen (secondary N) is 1. The van der Waals surface area contributed by atoms with Crippen LogP contribution in [0.2, 0.25) is 0 Å². The van der Waals surface area contributed by atoms with Crippen molar-refractivity contribution in [1.29, 1.82) is 0 Å². The zero-order valence-electron chi connectivity index (χ0n) is 11.1. The Labute approximate surface area is 122 Å². The molecule has 100 valence electrons. The van der Waals surface area contributed by atoms with Gasteiger partial charge in [-0.1, -0.05) is 12.1 Å². The molecule has 1 aromatic carbocycles. The largest absolute Gasteiger partial charge is 0.325 e. The first-order valence-electron chi connectivity index (χ1n) is 6.12. The van der Waals surface area contributed by atoms with Crippen LogP contribution in [0.1, 0.15) is 16.0 Å². The van der Waals surface area contributed by atoms with Gasteiger partial charge in [-0.3, -0.25) is 4.79 Å². The van der Waals surface area contributed by atoms with Crippen molar-refractivity contribution in [3.05, 3.63) is 51.7 Å². The van der Waals surface area contributed by atoms with E-state index in [-0.39, 0.29) is 5.91 Å². The van der Waals surface area contributed by atoms with Crippen LogP contribution in [0.5, 0.6) is 0 Å². The Morgan fingerprint density at radius 3 is 2.79 bits per heavy atom. The van der Waals surface area contributed by atoms with Gasteiger partial charge in [-0.05, 0) is 48.6 Å². The summed E-state index contributed by atoms with van der Waals surface area (Å²) >= 11 is 3.37. The first kappa shape index (κ1) is 14.2. The fourth-order valence-corrected chi connectivity index (χ4v) is 3.32. The van der Waals surface area contributed by atoms with E-state index in [0.717, 1.165) is 11.4 Å². The molecule has 0 saturated heterocycles. The van der Waals surface area contributed by atoms with Crippen molar-refractivity contribution < 1.29 is 4.79 Å². The van der Waals surface area contributed by atoms with Gasteiger partial charge in [-0.15, -0.1) is 23.1 Å². The van der Waals surface area contributed by atoms with Gasteiger partial charge in [0.05, 0.1) is 5.75 Å². The fraction of sp³-hybridized carbons (Fsp3) is 0.267. The lowest BCUT2D eigenvalue weighted by atomic mass is 10.1. The second kappa shape index (κ2) is 6.78. The Bertz CT molecular complexity index is 549. The van der Waals surface area contributed by atoms with E-state index in [9.17, 15) is 4.79 Å². The maximum Gasteiger partial charge on any atom is 0.234 e. The zero-order chi connectivity index (χ0) is 13.7. The third kappa shape index (κ3) is 4.40. The topological polar surface area (TPSA) is 29.1 Å². The molecule has 2 nitrogen and oxygen atoms in total. The van der Waals surface area contributed by atoms with Gasteiger partial charge in [0.1, 0.15) is 0 Å². The minimum Gasteiger partial charge on any atom is -0.325 e. The number of carbonyl (C=O) groups is 1. The molecule has 0 unspecified atom stereocenters. The van der Waals surface area contributed by atoms with E-state index in [4.69, 9.17) is 0 Å². The quantitative estimate of drug-likeness (QED) is 0.893. The minimum atomic E-state index is 0.0600. The third-order valence-corrected chi connectivity index (χ3v) is 4.89. The molecule has 0 spiro atoms. The smallest absolute Gasteiger partial charge is 0.234 e. The number of aryl methyl sites for hydroxylation is 2. The monoisotopic (exact) mass is 291 g/mol. The molecule has 1 N–H and O–H groups in total. The number of thioether (sulfide) groups is 1. The number of carbonyl (C=O) groups excluding carboxylic acids is 1. The van der Waals surface area contributed by atoms with Crippen molar-refractivity contribution in [1.82, 2.24) is 0 Å². The minimum absolute atomic E-state index is 0.0600. The van der Waals surface area contributed by atoms with Crippen LogP contribution in [0.25, 0.3) is 0 Å². The highest BCUT2D eigenvalue weighted by Gasteiger charge is 2.04. The summed E-state index contributed by atoms with van der Waals surface area (Å²) < 4.78 is 0. The summed E-state index contributed by atoms with van der Waals surface area (Å²) in [5, 5.41) is 4.99. The standard InChI is InChI=1S/C15H17NOS2/c1-11-5-6-13(8-12(11)2)16-15(17)10-18-9-14-4-3-7-19-14/h3-8H,9-10H2,1-2H3,(H,16,17). The maximum atomic E-state index is 11.8. The fourth-order valence-electron chi connectivity index (χ4n) is 1.66. The third-order valence-electron chi connectivity index (χ3n) is 2.85. The van der Waals surface area contributed by atoms with Gasteiger partial charge in [-0.25, -0.2) is 0 Å². The van der Waals surface area contributed by atoms with Crippen LogP contribution in [0.4, 0.5) is 5.69 Å². The second-order valence-corrected chi connectivity index (χ2v) is 6.44. The molecule has 4 heteroatoms. The molecule has 0 aliphatic rings. The molecule has 19 heavy (non-hydrogen) atoms. The average Bonchev–Trinajstić information content (AvgIpc) is 2.87. The lowest BCUT2D eigenvalue weighted by Gasteiger charge is -2.07. The van der Waals surface area contributed by atoms with Gasteiger partial charge < -0.3 is 5.32 Å². The number of thiophene rings is 1. The molecule has 0 fully saturated rings. The molecular formula is C15H17NOS2. The molecule has 1 heterocycles. The molecular weight excluding hydrogens is 274 g/mol. The number of hydrogen-bond donors (Lipinski definition) is 1. The van der Waals surface area contributed by atoms with E-state index in [1.807, 2.05) is 24.3 Å². The van der Waals surface area contributed by atoms with Crippen molar-refractivity contribution in [2.24, 2.45) is 0 Å². The summed E-state index contributed by atoms with van der Waals surface area (Å²) in [7, 11) is 0. The second-order valence-electron chi connectivity index (χ2n) is 4.42. The number of hydrogen-bond acceptors (Lipinski definition) is 3. The van der Waals surface area contributed by atoms with Gasteiger partial charge in [0.2, 0.25) is 5.91 Å². The van der Waals surface area contributed by atoms with Crippen LogP contribution in [0.3, 0.4) is 0 Å². The van der Waals surface area contributed by atoms with Crippen LogP contribution in [0.15, 0.2) is 35.7 Å².